The number of hydrogen-bond donors (Lipinski definition) is 3. The molecule has 1 saturated heterocycles. The quantitative estimate of drug-likeness (QED) is 0.345. The number of nitrogens with zero attached hydrogens (tertiary/aromatic N) is 3. The Bertz CT molecular complexity index is 1260. The number of hydrogen-bond acceptors (Lipinski definition) is 6. The van der Waals surface area contributed by atoms with Gasteiger partial charge in [-0.05, 0) is 36.6 Å². The number of ether oxygens (including phenoxy) is 1. The second-order valence-corrected chi connectivity index (χ2v) is 8.72. The van der Waals surface area contributed by atoms with Gasteiger partial charge in [-0.1, -0.05) is 42.5 Å². The zero-order valence-electron chi connectivity index (χ0n) is 19.6. The lowest BCUT2D eigenvalue weighted by molar-refractivity contribution is -0.120. The molecule has 2 aromatic carbocycles. The fraction of sp³-hybridized carbons (Fsp3) is 0.296. The molecule has 180 valence electrons. The van der Waals surface area contributed by atoms with Crippen LogP contribution in [0, 0.1) is 0 Å². The molecular weight excluding hydrogens is 440 g/mol. The number of aromatic amines is 1. The molecule has 0 unspecified atom stereocenters. The standard InChI is InChI=1S/C27H30N6O2/c34-25(17-29-23-10-4-5-11-24(23)35-16-13-20-7-2-1-3-8-20)32-21-9-6-15-33(18-21)27-22-12-14-28-26(22)30-19-31-27/h1-5,7-8,10-12,14,19,21,29H,6,9,13,15-18H2,(H,32,34)(H,28,30,31)/t21-/m1/s1. The van der Waals surface area contributed by atoms with Crippen LogP contribution in [0.15, 0.2) is 73.2 Å². The van der Waals surface area contributed by atoms with E-state index in [4.69, 9.17) is 4.74 Å². The van der Waals surface area contributed by atoms with Gasteiger partial charge in [0.1, 0.15) is 23.5 Å². The van der Waals surface area contributed by atoms with Crippen molar-refractivity contribution in [3.8, 4) is 5.75 Å². The van der Waals surface area contributed by atoms with Crippen molar-refractivity contribution in [1.29, 1.82) is 0 Å². The summed E-state index contributed by atoms with van der Waals surface area (Å²) in [4.78, 5) is 26.9. The van der Waals surface area contributed by atoms with Crippen molar-refractivity contribution in [2.45, 2.75) is 25.3 Å². The number of rotatable bonds is 9. The summed E-state index contributed by atoms with van der Waals surface area (Å²) in [5.41, 5.74) is 2.88. The molecule has 1 amide bonds. The van der Waals surface area contributed by atoms with E-state index in [2.05, 4.69) is 42.6 Å². The van der Waals surface area contributed by atoms with E-state index >= 15 is 0 Å². The highest BCUT2D eigenvalue weighted by Crippen LogP contribution is 2.26. The molecule has 2 aromatic heterocycles. The number of amides is 1. The Balaban J connectivity index is 1.13. The van der Waals surface area contributed by atoms with Crippen LogP contribution in [-0.2, 0) is 11.2 Å². The largest absolute Gasteiger partial charge is 0.491 e. The minimum absolute atomic E-state index is 0.0367. The zero-order valence-corrected chi connectivity index (χ0v) is 19.6. The molecule has 1 aliphatic heterocycles. The number of anilines is 2. The van der Waals surface area contributed by atoms with Crippen LogP contribution < -0.4 is 20.3 Å². The van der Waals surface area contributed by atoms with E-state index in [1.807, 2.05) is 54.7 Å². The molecular formula is C27H30N6O2. The lowest BCUT2D eigenvalue weighted by Crippen LogP contribution is -2.49. The Morgan fingerprint density at radius 1 is 1.09 bits per heavy atom. The zero-order chi connectivity index (χ0) is 23.9. The van der Waals surface area contributed by atoms with Gasteiger partial charge in [0.15, 0.2) is 0 Å². The number of carbonyl (C=O) groups excluding carboxylic acids is 1. The molecule has 8 heteroatoms. The van der Waals surface area contributed by atoms with Gasteiger partial charge in [0, 0.05) is 31.7 Å². The first-order chi connectivity index (χ1) is 17.3. The van der Waals surface area contributed by atoms with Crippen LogP contribution in [0.2, 0.25) is 0 Å². The molecule has 0 aliphatic carbocycles. The summed E-state index contributed by atoms with van der Waals surface area (Å²) in [5.74, 6) is 1.62. The molecule has 35 heavy (non-hydrogen) atoms. The van der Waals surface area contributed by atoms with Crippen molar-refractivity contribution in [2.75, 3.05) is 36.5 Å². The third-order valence-corrected chi connectivity index (χ3v) is 6.24. The Morgan fingerprint density at radius 3 is 2.86 bits per heavy atom. The molecule has 1 aliphatic rings. The van der Waals surface area contributed by atoms with Crippen LogP contribution in [0.4, 0.5) is 11.5 Å². The van der Waals surface area contributed by atoms with E-state index in [0.717, 1.165) is 60.6 Å². The summed E-state index contributed by atoms with van der Waals surface area (Å²) >= 11 is 0. The molecule has 1 atom stereocenters. The van der Waals surface area contributed by atoms with Gasteiger partial charge in [-0.25, -0.2) is 9.97 Å². The van der Waals surface area contributed by atoms with Crippen LogP contribution in [0.25, 0.3) is 11.0 Å². The summed E-state index contributed by atoms with van der Waals surface area (Å²) in [6.45, 7) is 2.40. The second kappa shape index (κ2) is 10.9. The van der Waals surface area contributed by atoms with E-state index in [-0.39, 0.29) is 18.5 Å². The van der Waals surface area contributed by atoms with E-state index in [9.17, 15) is 4.79 Å². The number of aromatic nitrogens is 3. The average Bonchev–Trinajstić information content (AvgIpc) is 3.38. The number of para-hydroxylation sites is 2. The van der Waals surface area contributed by atoms with Crippen molar-refractivity contribution in [3.63, 3.8) is 0 Å². The van der Waals surface area contributed by atoms with Gasteiger partial charge in [0.05, 0.1) is 24.2 Å². The third kappa shape index (κ3) is 5.71. The van der Waals surface area contributed by atoms with Crippen LogP contribution in [0.1, 0.15) is 18.4 Å². The highest BCUT2D eigenvalue weighted by Gasteiger charge is 2.24. The van der Waals surface area contributed by atoms with Gasteiger partial charge >= 0.3 is 0 Å². The van der Waals surface area contributed by atoms with Crippen molar-refractivity contribution in [2.24, 2.45) is 0 Å². The summed E-state index contributed by atoms with van der Waals surface area (Å²) in [6.07, 6.45) is 6.23. The predicted octanol–water partition coefficient (Wildman–Crippen LogP) is 3.78. The number of benzene rings is 2. The first-order valence-corrected chi connectivity index (χ1v) is 12.1. The molecule has 3 heterocycles. The molecule has 0 radical (unpaired) electrons. The van der Waals surface area contributed by atoms with E-state index in [1.54, 1.807) is 6.33 Å². The maximum absolute atomic E-state index is 12.7. The van der Waals surface area contributed by atoms with Gasteiger partial charge < -0.3 is 25.3 Å². The highest BCUT2D eigenvalue weighted by molar-refractivity contribution is 5.87. The molecule has 0 saturated carbocycles. The second-order valence-electron chi connectivity index (χ2n) is 8.72. The van der Waals surface area contributed by atoms with Crippen molar-refractivity contribution in [3.05, 3.63) is 78.8 Å². The van der Waals surface area contributed by atoms with E-state index < -0.39 is 0 Å². The molecule has 4 aromatic rings. The Labute approximate surface area is 204 Å². The van der Waals surface area contributed by atoms with Gasteiger partial charge in [0.25, 0.3) is 0 Å². The van der Waals surface area contributed by atoms with Gasteiger partial charge in [-0.15, -0.1) is 0 Å². The summed E-state index contributed by atoms with van der Waals surface area (Å²) in [6, 6.07) is 20.1. The summed E-state index contributed by atoms with van der Waals surface area (Å²) < 4.78 is 6.00. The lowest BCUT2D eigenvalue weighted by Gasteiger charge is -2.34. The maximum Gasteiger partial charge on any atom is 0.239 e. The van der Waals surface area contributed by atoms with Gasteiger partial charge in [0.2, 0.25) is 5.91 Å². The van der Waals surface area contributed by atoms with Crippen molar-refractivity contribution in [1.82, 2.24) is 20.3 Å². The molecule has 5 rings (SSSR count). The molecule has 1 fully saturated rings. The van der Waals surface area contributed by atoms with Crippen LogP contribution in [0.5, 0.6) is 5.75 Å². The summed E-state index contributed by atoms with van der Waals surface area (Å²) in [5, 5.41) is 7.42. The third-order valence-electron chi connectivity index (χ3n) is 6.24. The van der Waals surface area contributed by atoms with Crippen LogP contribution in [-0.4, -0.2) is 53.1 Å². The number of H-pyrrole nitrogens is 1. The van der Waals surface area contributed by atoms with E-state index in [1.165, 1.54) is 5.56 Å². The highest BCUT2D eigenvalue weighted by atomic mass is 16.5. The van der Waals surface area contributed by atoms with Crippen LogP contribution >= 0.6 is 0 Å². The average molecular weight is 471 g/mol. The fourth-order valence-electron chi connectivity index (χ4n) is 4.51. The van der Waals surface area contributed by atoms with Crippen molar-refractivity contribution < 1.29 is 9.53 Å². The number of carbonyl (C=O) groups is 1. The van der Waals surface area contributed by atoms with Gasteiger partial charge in [-0.2, -0.15) is 0 Å². The molecule has 0 spiro atoms. The first-order valence-electron chi connectivity index (χ1n) is 12.1. The SMILES string of the molecule is O=C(CNc1ccccc1OCCc1ccccc1)N[C@@H]1CCCN(c2ncnc3[nH]ccc23)C1. The Morgan fingerprint density at radius 2 is 1.94 bits per heavy atom. The van der Waals surface area contributed by atoms with Gasteiger partial charge in [-0.3, -0.25) is 4.79 Å². The predicted molar refractivity (Wildman–Crippen MR) is 138 cm³/mol. The Kier molecular flexibility index (Phi) is 7.07. The minimum Gasteiger partial charge on any atom is -0.491 e. The molecule has 0 bridgehead atoms. The Hall–Kier alpha value is -4.07. The van der Waals surface area contributed by atoms with Crippen molar-refractivity contribution >= 4 is 28.4 Å². The first kappa shape index (κ1) is 22.7. The van der Waals surface area contributed by atoms with Crippen LogP contribution in [0.3, 0.4) is 0 Å². The summed E-state index contributed by atoms with van der Waals surface area (Å²) in [7, 11) is 0. The fourth-order valence-corrected chi connectivity index (χ4v) is 4.51. The van der Waals surface area contributed by atoms with E-state index in [0.29, 0.717) is 6.61 Å². The maximum atomic E-state index is 12.7. The smallest absolute Gasteiger partial charge is 0.239 e. The number of piperidine rings is 1. The molecule has 8 nitrogen and oxygen atoms in total. The topological polar surface area (TPSA) is 95.2 Å². The minimum atomic E-state index is -0.0367. The molecule has 3 N–H and O–H groups in total. The lowest BCUT2D eigenvalue weighted by atomic mass is 10.1. The normalized spacial score (nSPS) is 15.7. The number of fused-ring (bicyclic) bond motifs is 1. The number of nitrogens with one attached hydrogen (secondary N) is 3. The monoisotopic (exact) mass is 470 g/mol.